The lowest BCUT2D eigenvalue weighted by atomic mass is 10.2. The van der Waals surface area contributed by atoms with Gasteiger partial charge in [0.1, 0.15) is 23.7 Å². The van der Waals surface area contributed by atoms with Crippen LogP contribution in [0.5, 0.6) is 11.5 Å². The van der Waals surface area contributed by atoms with Gasteiger partial charge in [0, 0.05) is 11.1 Å². The summed E-state index contributed by atoms with van der Waals surface area (Å²) in [6.45, 7) is 0.0236. The van der Waals surface area contributed by atoms with Crippen molar-refractivity contribution >= 4 is 34.2 Å². The fraction of sp³-hybridized carbons (Fsp3) is 0.0833. The van der Waals surface area contributed by atoms with Crippen molar-refractivity contribution < 1.29 is 27.9 Å². The summed E-state index contributed by atoms with van der Waals surface area (Å²) in [5, 5.41) is 5.95. The van der Waals surface area contributed by atoms with Crippen molar-refractivity contribution in [3.8, 4) is 11.5 Å². The highest BCUT2D eigenvalue weighted by molar-refractivity contribution is 6.15. The first-order valence-electron chi connectivity index (χ1n) is 9.86. The number of furan rings is 1. The molecule has 1 aliphatic heterocycles. The van der Waals surface area contributed by atoms with Crippen molar-refractivity contribution in [3.05, 3.63) is 84.4 Å². The first-order chi connectivity index (χ1) is 15.6. The monoisotopic (exact) mass is 432 g/mol. The van der Waals surface area contributed by atoms with Crippen LogP contribution in [0.1, 0.15) is 10.6 Å². The predicted octanol–water partition coefficient (Wildman–Crippen LogP) is 4.60. The van der Waals surface area contributed by atoms with E-state index < -0.39 is 23.7 Å². The molecule has 0 saturated heterocycles. The lowest BCUT2D eigenvalue weighted by Crippen LogP contribution is -2.40. The standard InChI is InChI=1S/C24H17FN2O5/c25-14-9-11-15(12-10-14)26-24(29)22-21(16-5-1-2-6-17(16)32-22)27-23(28)20-13-30-18-7-3-4-8-19(18)31-20/h1-12,20H,13H2,(H,26,29)(H,27,28). The molecule has 0 fully saturated rings. The third kappa shape index (κ3) is 3.74. The zero-order valence-electron chi connectivity index (χ0n) is 16.6. The van der Waals surface area contributed by atoms with Gasteiger partial charge in [0.25, 0.3) is 11.8 Å². The van der Waals surface area contributed by atoms with Crippen LogP contribution in [0.3, 0.4) is 0 Å². The zero-order chi connectivity index (χ0) is 22.1. The zero-order valence-corrected chi connectivity index (χ0v) is 16.6. The first-order valence-corrected chi connectivity index (χ1v) is 9.86. The van der Waals surface area contributed by atoms with Gasteiger partial charge >= 0.3 is 0 Å². The van der Waals surface area contributed by atoms with Gasteiger partial charge in [-0.1, -0.05) is 24.3 Å². The molecule has 2 N–H and O–H groups in total. The van der Waals surface area contributed by atoms with Crippen LogP contribution in [0.2, 0.25) is 0 Å². The molecule has 0 radical (unpaired) electrons. The quantitative estimate of drug-likeness (QED) is 0.492. The summed E-state index contributed by atoms with van der Waals surface area (Å²) in [7, 11) is 0. The van der Waals surface area contributed by atoms with E-state index in [9.17, 15) is 14.0 Å². The van der Waals surface area contributed by atoms with Gasteiger partial charge < -0.3 is 24.5 Å². The molecule has 1 aliphatic rings. The molecule has 1 atom stereocenters. The highest BCUT2D eigenvalue weighted by Crippen LogP contribution is 2.34. The average Bonchev–Trinajstić information content (AvgIpc) is 3.19. The minimum absolute atomic E-state index is 0.0236. The van der Waals surface area contributed by atoms with Crippen LogP contribution >= 0.6 is 0 Å². The third-order valence-electron chi connectivity index (χ3n) is 4.95. The molecule has 0 bridgehead atoms. The summed E-state index contributed by atoms with van der Waals surface area (Å²) in [4.78, 5) is 25.9. The Morgan fingerprint density at radius 1 is 0.875 bits per heavy atom. The van der Waals surface area contributed by atoms with E-state index in [1.807, 2.05) is 6.07 Å². The largest absolute Gasteiger partial charge is 0.485 e. The molecule has 0 saturated carbocycles. The number of anilines is 2. The Morgan fingerprint density at radius 3 is 2.41 bits per heavy atom. The Morgan fingerprint density at radius 2 is 1.59 bits per heavy atom. The normalized spacial score (nSPS) is 14.7. The first kappa shape index (κ1) is 19.6. The van der Waals surface area contributed by atoms with Gasteiger partial charge in [0.15, 0.2) is 11.5 Å². The number of fused-ring (bicyclic) bond motifs is 2. The summed E-state index contributed by atoms with van der Waals surface area (Å²) in [6.07, 6.45) is -0.911. The summed E-state index contributed by atoms with van der Waals surface area (Å²) >= 11 is 0. The third-order valence-corrected chi connectivity index (χ3v) is 4.95. The Hall–Kier alpha value is -4.33. The average molecular weight is 432 g/mol. The molecule has 2 amide bonds. The summed E-state index contributed by atoms with van der Waals surface area (Å²) in [6, 6.07) is 19.3. The summed E-state index contributed by atoms with van der Waals surface area (Å²) < 4.78 is 30.3. The molecule has 32 heavy (non-hydrogen) atoms. The number of hydrogen-bond donors (Lipinski definition) is 2. The number of carbonyl (C=O) groups excluding carboxylic acids is 2. The van der Waals surface area contributed by atoms with Gasteiger partial charge in [-0.3, -0.25) is 9.59 Å². The van der Waals surface area contributed by atoms with E-state index in [2.05, 4.69) is 10.6 Å². The number of benzene rings is 3. The van der Waals surface area contributed by atoms with Crippen molar-refractivity contribution in [1.29, 1.82) is 0 Å². The maximum atomic E-state index is 13.2. The van der Waals surface area contributed by atoms with Gasteiger partial charge in [0.2, 0.25) is 11.9 Å². The number of rotatable bonds is 4. The molecular formula is C24H17FN2O5. The molecular weight excluding hydrogens is 415 g/mol. The van der Waals surface area contributed by atoms with Crippen LogP contribution < -0.4 is 20.1 Å². The molecule has 7 nitrogen and oxygen atoms in total. The highest BCUT2D eigenvalue weighted by Gasteiger charge is 2.30. The van der Waals surface area contributed by atoms with Gasteiger partial charge in [-0.15, -0.1) is 0 Å². The van der Waals surface area contributed by atoms with Gasteiger partial charge in [-0.2, -0.15) is 0 Å². The number of halogens is 1. The SMILES string of the molecule is O=C(Nc1ccc(F)cc1)c1oc2ccccc2c1NC(=O)C1COc2ccccc2O1. The number of para-hydroxylation sites is 3. The van der Waals surface area contributed by atoms with E-state index in [0.717, 1.165) is 0 Å². The van der Waals surface area contributed by atoms with E-state index >= 15 is 0 Å². The topological polar surface area (TPSA) is 89.8 Å². The lowest BCUT2D eigenvalue weighted by Gasteiger charge is -2.25. The highest BCUT2D eigenvalue weighted by atomic mass is 19.1. The van der Waals surface area contributed by atoms with Crippen molar-refractivity contribution in [3.63, 3.8) is 0 Å². The molecule has 160 valence electrons. The number of hydrogen-bond acceptors (Lipinski definition) is 5. The van der Waals surface area contributed by atoms with Crippen LogP contribution in [-0.2, 0) is 4.79 Å². The number of amides is 2. The fourth-order valence-electron chi connectivity index (χ4n) is 3.40. The summed E-state index contributed by atoms with van der Waals surface area (Å²) in [5.74, 6) is -0.553. The van der Waals surface area contributed by atoms with Gasteiger partial charge in [0.05, 0.1) is 0 Å². The summed E-state index contributed by atoms with van der Waals surface area (Å²) in [5.41, 5.74) is 1.03. The Kier molecular flexibility index (Phi) is 4.95. The van der Waals surface area contributed by atoms with Gasteiger partial charge in [-0.25, -0.2) is 4.39 Å². The van der Waals surface area contributed by atoms with Crippen molar-refractivity contribution in [1.82, 2.24) is 0 Å². The molecule has 1 aromatic heterocycles. The van der Waals surface area contributed by atoms with E-state index in [0.29, 0.717) is 28.2 Å². The van der Waals surface area contributed by atoms with Crippen LogP contribution in [0.15, 0.2) is 77.2 Å². The van der Waals surface area contributed by atoms with Crippen molar-refractivity contribution in [2.24, 2.45) is 0 Å². The van der Waals surface area contributed by atoms with Crippen molar-refractivity contribution in [2.75, 3.05) is 17.2 Å². The maximum Gasteiger partial charge on any atom is 0.293 e. The molecule has 5 rings (SSSR count). The van der Waals surface area contributed by atoms with E-state index in [-0.39, 0.29) is 18.1 Å². The number of ether oxygens (including phenoxy) is 2. The molecule has 2 heterocycles. The second-order valence-electron chi connectivity index (χ2n) is 7.12. The van der Waals surface area contributed by atoms with Crippen LogP contribution in [0.4, 0.5) is 15.8 Å². The second kappa shape index (κ2) is 8.07. The van der Waals surface area contributed by atoms with Crippen LogP contribution in [0, 0.1) is 5.82 Å². The predicted molar refractivity (Wildman–Crippen MR) is 116 cm³/mol. The molecule has 8 heteroatoms. The maximum absolute atomic E-state index is 13.2. The Labute approximate surface area is 181 Å². The lowest BCUT2D eigenvalue weighted by molar-refractivity contribution is -0.125. The number of nitrogens with one attached hydrogen (secondary N) is 2. The smallest absolute Gasteiger partial charge is 0.293 e. The molecule has 3 aromatic carbocycles. The van der Waals surface area contributed by atoms with E-state index in [1.165, 1.54) is 24.3 Å². The fourth-order valence-corrected chi connectivity index (χ4v) is 3.40. The minimum atomic E-state index is -0.911. The molecule has 0 spiro atoms. The second-order valence-corrected chi connectivity index (χ2v) is 7.12. The minimum Gasteiger partial charge on any atom is -0.485 e. The van der Waals surface area contributed by atoms with Crippen LogP contribution in [0.25, 0.3) is 11.0 Å². The van der Waals surface area contributed by atoms with E-state index in [4.69, 9.17) is 13.9 Å². The van der Waals surface area contributed by atoms with Crippen molar-refractivity contribution in [2.45, 2.75) is 6.10 Å². The molecule has 0 aliphatic carbocycles. The Bertz CT molecular complexity index is 1320. The van der Waals surface area contributed by atoms with Crippen LogP contribution in [-0.4, -0.2) is 24.5 Å². The van der Waals surface area contributed by atoms with Gasteiger partial charge in [-0.05, 0) is 48.5 Å². The van der Waals surface area contributed by atoms with E-state index in [1.54, 1.807) is 42.5 Å². The Balaban J connectivity index is 1.42. The molecule has 1 unspecified atom stereocenters. The number of carbonyl (C=O) groups is 2. The molecule has 4 aromatic rings.